The summed E-state index contributed by atoms with van der Waals surface area (Å²) in [6.07, 6.45) is 5.09. The fourth-order valence-electron chi connectivity index (χ4n) is 2.14. The van der Waals surface area contributed by atoms with Crippen molar-refractivity contribution in [1.82, 2.24) is 20.1 Å². The van der Waals surface area contributed by atoms with E-state index in [0.29, 0.717) is 6.04 Å². The minimum atomic E-state index is 0.471. The van der Waals surface area contributed by atoms with Crippen LogP contribution in [0.2, 0.25) is 0 Å². The van der Waals surface area contributed by atoms with Gasteiger partial charge in [0, 0.05) is 12.6 Å². The van der Waals surface area contributed by atoms with Crippen molar-refractivity contribution in [2.24, 2.45) is 0 Å². The Morgan fingerprint density at radius 3 is 2.70 bits per heavy atom. The molecule has 0 saturated heterocycles. The molecule has 0 aliphatic rings. The highest BCUT2D eigenvalue weighted by atomic mass is 15.3. The van der Waals surface area contributed by atoms with E-state index in [1.807, 2.05) is 4.68 Å². The molecule has 0 aliphatic heterocycles. The lowest BCUT2D eigenvalue weighted by Gasteiger charge is -2.09. The second-order valence-electron chi connectivity index (χ2n) is 5.38. The lowest BCUT2D eigenvalue weighted by molar-refractivity contribution is 0.499. The largest absolute Gasteiger partial charge is 0.308 e. The van der Waals surface area contributed by atoms with Gasteiger partial charge in [0.05, 0.1) is 6.54 Å². The molecule has 0 bridgehead atoms. The van der Waals surface area contributed by atoms with Gasteiger partial charge in [-0.05, 0) is 24.8 Å². The molecule has 0 fully saturated rings. The molecule has 1 heterocycles. The number of aromatic nitrogens is 3. The van der Waals surface area contributed by atoms with Crippen molar-refractivity contribution in [3.05, 3.63) is 48.0 Å². The topological polar surface area (TPSA) is 42.7 Å². The first-order valence-corrected chi connectivity index (χ1v) is 7.39. The Morgan fingerprint density at radius 1 is 1.15 bits per heavy atom. The van der Waals surface area contributed by atoms with Crippen molar-refractivity contribution in [2.45, 2.75) is 52.2 Å². The van der Waals surface area contributed by atoms with E-state index in [4.69, 9.17) is 0 Å². The van der Waals surface area contributed by atoms with E-state index in [9.17, 15) is 0 Å². The van der Waals surface area contributed by atoms with E-state index in [0.717, 1.165) is 31.8 Å². The molecule has 0 aliphatic carbocycles. The fraction of sp³-hybridized carbons (Fsp3) is 0.500. The van der Waals surface area contributed by atoms with Gasteiger partial charge in [-0.15, -0.1) is 0 Å². The van der Waals surface area contributed by atoms with E-state index in [-0.39, 0.29) is 0 Å². The lowest BCUT2D eigenvalue weighted by Crippen LogP contribution is -2.24. The number of hydrogen-bond donors (Lipinski definition) is 1. The summed E-state index contributed by atoms with van der Waals surface area (Å²) in [7, 11) is 0. The molecule has 0 saturated carbocycles. The normalized spacial score (nSPS) is 11.2. The zero-order valence-corrected chi connectivity index (χ0v) is 12.4. The number of rotatable bonds is 8. The highest BCUT2D eigenvalue weighted by molar-refractivity contribution is 5.14. The fourth-order valence-corrected chi connectivity index (χ4v) is 2.14. The van der Waals surface area contributed by atoms with Crippen LogP contribution in [0.5, 0.6) is 0 Å². The number of hydrogen-bond acceptors (Lipinski definition) is 3. The average molecular weight is 272 g/mol. The highest BCUT2D eigenvalue weighted by Gasteiger charge is 2.04. The minimum absolute atomic E-state index is 0.471. The van der Waals surface area contributed by atoms with E-state index in [1.165, 1.54) is 12.0 Å². The molecule has 1 N–H and O–H groups in total. The van der Waals surface area contributed by atoms with Gasteiger partial charge in [0.1, 0.15) is 12.2 Å². The van der Waals surface area contributed by atoms with Gasteiger partial charge in [0.15, 0.2) is 0 Å². The van der Waals surface area contributed by atoms with Crippen LogP contribution >= 0.6 is 0 Å². The second kappa shape index (κ2) is 7.80. The van der Waals surface area contributed by atoms with Crippen molar-refractivity contribution >= 4 is 0 Å². The zero-order chi connectivity index (χ0) is 14.2. The number of nitrogens with zero attached hydrogens (tertiary/aromatic N) is 3. The molecule has 0 atom stereocenters. The molecule has 1 aromatic carbocycles. The van der Waals surface area contributed by atoms with Crippen LogP contribution in [-0.4, -0.2) is 20.8 Å². The van der Waals surface area contributed by atoms with Crippen molar-refractivity contribution in [1.29, 1.82) is 0 Å². The molecular formula is C16H24N4. The highest BCUT2D eigenvalue weighted by Crippen LogP contribution is 2.06. The third kappa shape index (κ3) is 4.78. The van der Waals surface area contributed by atoms with Crippen molar-refractivity contribution < 1.29 is 0 Å². The Bertz CT molecular complexity index is 490. The van der Waals surface area contributed by atoms with E-state index in [1.54, 1.807) is 6.33 Å². The first-order valence-electron chi connectivity index (χ1n) is 7.39. The summed E-state index contributed by atoms with van der Waals surface area (Å²) in [4.78, 5) is 4.31. The van der Waals surface area contributed by atoms with Gasteiger partial charge in [0.2, 0.25) is 0 Å². The molecule has 0 radical (unpaired) electrons. The molecule has 2 aromatic rings. The van der Waals surface area contributed by atoms with Gasteiger partial charge in [-0.2, -0.15) is 5.10 Å². The third-order valence-electron chi connectivity index (χ3n) is 3.29. The van der Waals surface area contributed by atoms with Crippen LogP contribution < -0.4 is 5.32 Å². The number of aryl methyl sites for hydroxylation is 2. The smallest absolute Gasteiger partial charge is 0.140 e. The first-order chi connectivity index (χ1) is 9.75. The lowest BCUT2D eigenvalue weighted by atomic mass is 10.1. The van der Waals surface area contributed by atoms with Gasteiger partial charge in [0.25, 0.3) is 0 Å². The van der Waals surface area contributed by atoms with Crippen LogP contribution in [0.1, 0.15) is 38.1 Å². The van der Waals surface area contributed by atoms with Crippen LogP contribution in [0.4, 0.5) is 0 Å². The Kier molecular flexibility index (Phi) is 5.74. The molecule has 108 valence electrons. The molecule has 1 aromatic heterocycles. The van der Waals surface area contributed by atoms with Gasteiger partial charge in [-0.3, -0.25) is 0 Å². The van der Waals surface area contributed by atoms with Crippen LogP contribution in [0.15, 0.2) is 36.7 Å². The van der Waals surface area contributed by atoms with E-state index < -0.39 is 0 Å². The van der Waals surface area contributed by atoms with Crippen LogP contribution in [0.25, 0.3) is 0 Å². The predicted octanol–water partition coefficient (Wildman–Crippen LogP) is 2.80. The first kappa shape index (κ1) is 14.7. The van der Waals surface area contributed by atoms with Crippen LogP contribution in [-0.2, 0) is 19.5 Å². The third-order valence-corrected chi connectivity index (χ3v) is 3.29. The summed E-state index contributed by atoms with van der Waals surface area (Å²) in [5.74, 6) is 1.03. The number of nitrogens with one attached hydrogen (secondary N) is 1. The maximum Gasteiger partial charge on any atom is 0.140 e. The Morgan fingerprint density at radius 2 is 1.95 bits per heavy atom. The maximum absolute atomic E-state index is 4.31. The molecule has 4 heteroatoms. The summed E-state index contributed by atoms with van der Waals surface area (Å²) < 4.78 is 2.01. The molecule has 0 unspecified atom stereocenters. The summed E-state index contributed by atoms with van der Waals surface area (Å²) in [6.45, 7) is 6.01. The number of unbranched alkanes of at least 4 members (excludes halogenated alkanes) is 1. The van der Waals surface area contributed by atoms with Crippen LogP contribution in [0, 0.1) is 0 Å². The quantitative estimate of drug-likeness (QED) is 0.751. The summed E-state index contributed by atoms with van der Waals surface area (Å²) >= 11 is 0. The standard InChI is InChI=1S/C16H24N4/c1-14(2)17-12-16-18-13-19-20(16)11-7-6-10-15-8-4-3-5-9-15/h3-5,8-9,13-14,17H,6-7,10-12H2,1-2H3. The second-order valence-corrected chi connectivity index (χ2v) is 5.38. The SMILES string of the molecule is CC(C)NCc1ncnn1CCCCc1ccccc1. The van der Waals surface area contributed by atoms with Gasteiger partial charge < -0.3 is 5.32 Å². The maximum atomic E-state index is 4.31. The molecule has 20 heavy (non-hydrogen) atoms. The van der Waals surface area contributed by atoms with Gasteiger partial charge in [-0.1, -0.05) is 44.2 Å². The molecule has 2 rings (SSSR count). The number of benzene rings is 1. The monoisotopic (exact) mass is 272 g/mol. The van der Waals surface area contributed by atoms with Gasteiger partial charge >= 0.3 is 0 Å². The molecule has 4 nitrogen and oxygen atoms in total. The van der Waals surface area contributed by atoms with Crippen molar-refractivity contribution in [3.8, 4) is 0 Å². The Balaban J connectivity index is 1.73. The molecule has 0 amide bonds. The van der Waals surface area contributed by atoms with Crippen LogP contribution in [0.3, 0.4) is 0 Å². The average Bonchev–Trinajstić information content (AvgIpc) is 2.90. The minimum Gasteiger partial charge on any atom is -0.308 e. The molecule has 0 spiro atoms. The van der Waals surface area contributed by atoms with Crippen molar-refractivity contribution in [2.75, 3.05) is 0 Å². The van der Waals surface area contributed by atoms with E-state index in [2.05, 4.69) is 59.6 Å². The van der Waals surface area contributed by atoms with Gasteiger partial charge in [-0.25, -0.2) is 9.67 Å². The summed E-state index contributed by atoms with van der Waals surface area (Å²) in [6, 6.07) is 11.1. The van der Waals surface area contributed by atoms with E-state index >= 15 is 0 Å². The summed E-state index contributed by atoms with van der Waals surface area (Å²) in [5.41, 5.74) is 1.41. The van der Waals surface area contributed by atoms with Crippen molar-refractivity contribution in [3.63, 3.8) is 0 Å². The Hall–Kier alpha value is -1.68. The predicted molar refractivity (Wildman–Crippen MR) is 81.4 cm³/mol. The zero-order valence-electron chi connectivity index (χ0n) is 12.4. The summed E-state index contributed by atoms with van der Waals surface area (Å²) in [5, 5.41) is 7.69. The Labute approximate surface area is 121 Å². The molecular weight excluding hydrogens is 248 g/mol.